The van der Waals surface area contributed by atoms with Gasteiger partial charge in [-0.25, -0.2) is 9.48 Å². The van der Waals surface area contributed by atoms with Crippen LogP contribution in [0.1, 0.15) is 31.9 Å². The molecular formula is C31H37N5O3. The summed E-state index contributed by atoms with van der Waals surface area (Å²) in [7, 11) is 0. The molecule has 1 aromatic heterocycles. The van der Waals surface area contributed by atoms with Crippen LogP contribution < -0.4 is 15.4 Å². The number of benzene rings is 3. The van der Waals surface area contributed by atoms with Crippen molar-refractivity contribution in [3.63, 3.8) is 0 Å². The number of nitrogens with one attached hydrogen (secondary N) is 2. The van der Waals surface area contributed by atoms with Crippen LogP contribution in [0.4, 0.5) is 16.3 Å². The van der Waals surface area contributed by atoms with Gasteiger partial charge in [-0.05, 0) is 36.6 Å². The lowest BCUT2D eigenvalue weighted by Crippen LogP contribution is -2.38. The third-order valence-electron chi connectivity index (χ3n) is 6.99. The van der Waals surface area contributed by atoms with Crippen molar-refractivity contribution < 1.29 is 14.3 Å². The maximum Gasteiger partial charge on any atom is 0.324 e. The summed E-state index contributed by atoms with van der Waals surface area (Å²) in [4.78, 5) is 15.7. The maximum atomic E-state index is 13.4. The van der Waals surface area contributed by atoms with Gasteiger partial charge in [-0.2, -0.15) is 5.10 Å². The van der Waals surface area contributed by atoms with E-state index in [9.17, 15) is 4.79 Å². The number of aromatic nitrogens is 2. The highest BCUT2D eigenvalue weighted by Gasteiger charge is 2.25. The fourth-order valence-corrected chi connectivity index (χ4v) is 4.78. The summed E-state index contributed by atoms with van der Waals surface area (Å²) >= 11 is 0. The Balaban J connectivity index is 1.35. The van der Waals surface area contributed by atoms with Gasteiger partial charge < -0.3 is 14.8 Å². The molecule has 1 fully saturated rings. The first kappa shape index (κ1) is 26.7. The molecule has 0 atom stereocenters. The summed E-state index contributed by atoms with van der Waals surface area (Å²) in [5.41, 5.74) is 3.50. The smallest absolute Gasteiger partial charge is 0.324 e. The van der Waals surface area contributed by atoms with Gasteiger partial charge in [-0.15, -0.1) is 0 Å². The fraction of sp³-hybridized carbons (Fsp3) is 0.355. The Labute approximate surface area is 229 Å². The number of ether oxygens (including phenoxy) is 2. The largest absolute Gasteiger partial charge is 0.492 e. The first-order chi connectivity index (χ1) is 18.8. The maximum absolute atomic E-state index is 13.4. The number of rotatable bonds is 7. The number of anilines is 2. The Morgan fingerprint density at radius 3 is 2.41 bits per heavy atom. The Morgan fingerprint density at radius 1 is 0.974 bits per heavy atom. The quantitative estimate of drug-likeness (QED) is 0.309. The van der Waals surface area contributed by atoms with Crippen LogP contribution in [0.25, 0.3) is 16.5 Å². The molecular weight excluding hydrogens is 490 g/mol. The minimum atomic E-state index is -0.333. The third kappa shape index (κ3) is 6.24. The van der Waals surface area contributed by atoms with Crippen molar-refractivity contribution >= 4 is 28.3 Å². The first-order valence-corrected chi connectivity index (χ1v) is 13.5. The van der Waals surface area contributed by atoms with Crippen molar-refractivity contribution in [1.82, 2.24) is 14.7 Å². The van der Waals surface area contributed by atoms with E-state index < -0.39 is 0 Å². The van der Waals surface area contributed by atoms with Gasteiger partial charge in [0.25, 0.3) is 0 Å². The second-order valence-corrected chi connectivity index (χ2v) is 10.9. The van der Waals surface area contributed by atoms with E-state index in [0.717, 1.165) is 66.2 Å². The Hall–Kier alpha value is -3.88. The van der Waals surface area contributed by atoms with Crippen molar-refractivity contribution in [2.75, 3.05) is 50.1 Å². The van der Waals surface area contributed by atoms with Gasteiger partial charge >= 0.3 is 6.03 Å². The molecule has 3 aromatic carbocycles. The number of hydrogen-bond acceptors (Lipinski definition) is 5. The zero-order valence-electron chi connectivity index (χ0n) is 23.2. The number of hydrogen-bond donors (Lipinski definition) is 2. The van der Waals surface area contributed by atoms with Crippen LogP contribution in [-0.2, 0) is 10.2 Å². The van der Waals surface area contributed by atoms with Crippen LogP contribution in [0, 0.1) is 6.92 Å². The molecule has 39 heavy (non-hydrogen) atoms. The molecule has 204 valence electrons. The van der Waals surface area contributed by atoms with E-state index in [2.05, 4.69) is 41.4 Å². The molecule has 4 aromatic rings. The zero-order valence-corrected chi connectivity index (χ0v) is 23.2. The molecule has 1 aliphatic rings. The summed E-state index contributed by atoms with van der Waals surface area (Å²) in [5, 5.41) is 12.6. The highest BCUT2D eigenvalue weighted by atomic mass is 16.5. The normalized spacial score (nSPS) is 14.4. The highest BCUT2D eigenvalue weighted by molar-refractivity contribution is 6.07. The molecule has 8 heteroatoms. The molecule has 2 amide bonds. The van der Waals surface area contributed by atoms with Gasteiger partial charge in [-0.1, -0.05) is 62.7 Å². The topological polar surface area (TPSA) is 80.7 Å². The number of nitrogens with zero attached hydrogens (tertiary/aromatic N) is 3. The average molecular weight is 528 g/mol. The number of morpholine rings is 1. The Morgan fingerprint density at radius 2 is 1.69 bits per heavy atom. The lowest BCUT2D eigenvalue weighted by molar-refractivity contribution is 0.0323. The van der Waals surface area contributed by atoms with Crippen LogP contribution in [0.5, 0.6) is 5.75 Å². The molecule has 1 saturated heterocycles. The van der Waals surface area contributed by atoms with Gasteiger partial charge in [0.2, 0.25) is 0 Å². The predicted molar refractivity (Wildman–Crippen MR) is 156 cm³/mol. The predicted octanol–water partition coefficient (Wildman–Crippen LogP) is 5.99. The molecule has 0 radical (unpaired) electrons. The van der Waals surface area contributed by atoms with Crippen molar-refractivity contribution in [3.05, 3.63) is 78.0 Å². The summed E-state index contributed by atoms with van der Waals surface area (Å²) in [6.07, 6.45) is 1.83. The van der Waals surface area contributed by atoms with Gasteiger partial charge in [0.15, 0.2) is 0 Å². The van der Waals surface area contributed by atoms with Crippen LogP contribution in [-0.4, -0.2) is 60.2 Å². The lowest BCUT2D eigenvalue weighted by atomic mass is 9.89. The Kier molecular flexibility index (Phi) is 7.86. The number of amides is 2. The minimum Gasteiger partial charge on any atom is -0.492 e. The Bertz CT molecular complexity index is 1430. The molecule has 0 unspecified atom stereocenters. The van der Waals surface area contributed by atoms with E-state index in [1.54, 1.807) is 4.68 Å². The number of urea groups is 1. The molecule has 8 nitrogen and oxygen atoms in total. The molecule has 2 N–H and O–H groups in total. The lowest BCUT2D eigenvalue weighted by Gasteiger charge is -2.26. The molecule has 0 aliphatic carbocycles. The van der Waals surface area contributed by atoms with Crippen molar-refractivity contribution in [1.29, 1.82) is 0 Å². The van der Waals surface area contributed by atoms with E-state index >= 15 is 0 Å². The van der Waals surface area contributed by atoms with E-state index in [1.165, 1.54) is 0 Å². The van der Waals surface area contributed by atoms with E-state index in [0.29, 0.717) is 18.1 Å². The standard InChI is InChI=1S/C31H37N5O3/c1-22-9-11-23(12-10-22)36-29(26(21-32-36)31(2,3)4)34-30(37)33-27-13-14-28(25-8-6-5-7-24(25)27)39-20-17-35-15-18-38-19-16-35/h5-14,21H,15-20H2,1-4H3,(H2,33,34,37). The summed E-state index contributed by atoms with van der Waals surface area (Å²) < 4.78 is 13.4. The van der Waals surface area contributed by atoms with Crippen molar-refractivity contribution in [3.8, 4) is 11.4 Å². The van der Waals surface area contributed by atoms with Crippen molar-refractivity contribution in [2.45, 2.75) is 33.1 Å². The monoisotopic (exact) mass is 527 g/mol. The van der Waals surface area contributed by atoms with E-state index in [4.69, 9.17) is 9.47 Å². The van der Waals surface area contributed by atoms with E-state index in [1.807, 2.05) is 73.8 Å². The van der Waals surface area contributed by atoms with Crippen LogP contribution >= 0.6 is 0 Å². The minimum absolute atomic E-state index is 0.210. The van der Waals surface area contributed by atoms with Crippen LogP contribution in [0.3, 0.4) is 0 Å². The molecule has 0 saturated carbocycles. The number of carbonyl (C=O) groups is 1. The van der Waals surface area contributed by atoms with Gasteiger partial charge in [0.05, 0.1) is 30.8 Å². The second-order valence-electron chi connectivity index (χ2n) is 10.9. The molecule has 0 spiro atoms. The van der Waals surface area contributed by atoms with Crippen molar-refractivity contribution in [2.24, 2.45) is 0 Å². The van der Waals surface area contributed by atoms with E-state index in [-0.39, 0.29) is 11.4 Å². The highest BCUT2D eigenvalue weighted by Crippen LogP contribution is 2.33. The fourth-order valence-electron chi connectivity index (χ4n) is 4.78. The summed E-state index contributed by atoms with van der Waals surface area (Å²) in [5.74, 6) is 1.45. The molecule has 0 bridgehead atoms. The van der Waals surface area contributed by atoms with Crippen LogP contribution in [0.15, 0.2) is 66.9 Å². The number of aryl methyl sites for hydroxylation is 1. The summed E-state index contributed by atoms with van der Waals surface area (Å²) in [6.45, 7) is 13.2. The number of carbonyl (C=O) groups excluding carboxylic acids is 1. The van der Waals surface area contributed by atoms with Crippen LogP contribution in [0.2, 0.25) is 0 Å². The molecule has 5 rings (SSSR count). The zero-order chi connectivity index (χ0) is 27.4. The molecule has 2 heterocycles. The van der Waals surface area contributed by atoms with Gasteiger partial charge in [0.1, 0.15) is 18.2 Å². The SMILES string of the molecule is Cc1ccc(-n2ncc(C(C)(C)C)c2NC(=O)Nc2ccc(OCCN3CCOCC3)c3ccccc23)cc1. The second kappa shape index (κ2) is 11.5. The van der Waals surface area contributed by atoms with Gasteiger partial charge in [0, 0.05) is 36.0 Å². The molecule has 1 aliphatic heterocycles. The average Bonchev–Trinajstić information content (AvgIpc) is 3.35. The van der Waals surface area contributed by atoms with Gasteiger partial charge in [-0.3, -0.25) is 10.2 Å². The number of fused-ring (bicyclic) bond motifs is 1. The third-order valence-corrected chi connectivity index (χ3v) is 6.99. The summed E-state index contributed by atoms with van der Waals surface area (Å²) in [6, 6.07) is 19.5. The first-order valence-electron chi connectivity index (χ1n) is 13.5.